The summed E-state index contributed by atoms with van der Waals surface area (Å²) in [5.41, 5.74) is 0. The van der Waals surface area contributed by atoms with Gasteiger partial charge in [-0.3, -0.25) is 14.4 Å². The van der Waals surface area contributed by atoms with Crippen LogP contribution in [0.25, 0.3) is 0 Å². The summed E-state index contributed by atoms with van der Waals surface area (Å²) in [4.78, 5) is 39.0. The van der Waals surface area contributed by atoms with E-state index >= 15 is 0 Å². The number of hydrogen-bond acceptors (Lipinski definition) is 16. The number of carbonyl (C=O) groups excluding carboxylic acids is 3. The van der Waals surface area contributed by atoms with Crippen molar-refractivity contribution in [1.29, 1.82) is 0 Å². The summed E-state index contributed by atoms with van der Waals surface area (Å²) < 4.78 is 40.0. The number of unbranched alkanes of at least 4 members (excludes halogenated alkanes) is 29. The Morgan fingerprint density at radius 1 is 0.432 bits per heavy atom. The highest BCUT2D eigenvalue weighted by Gasteiger charge is 2.49. The molecule has 2 aliphatic rings. The Kier molecular flexibility index (Phi) is 46.4. The number of aliphatic hydroxyl groups excluding tert-OH is 6. The summed E-state index contributed by atoms with van der Waals surface area (Å²) in [6.45, 7) is 4.62. The lowest BCUT2D eigenvalue weighted by atomic mass is 9.98. The predicted molar refractivity (Wildman–Crippen MR) is 317 cm³/mol. The van der Waals surface area contributed by atoms with E-state index in [1.807, 2.05) is 0 Å². The van der Waals surface area contributed by atoms with E-state index in [0.29, 0.717) is 19.3 Å². The number of allylic oxidation sites excluding steroid dienone is 6. The Bertz CT molecular complexity index is 1610. The van der Waals surface area contributed by atoms with Crippen molar-refractivity contribution in [2.45, 2.75) is 332 Å². The molecule has 2 aliphatic heterocycles. The van der Waals surface area contributed by atoms with Gasteiger partial charge in [-0.25, -0.2) is 0 Å². The van der Waals surface area contributed by atoms with Crippen molar-refractivity contribution in [3.8, 4) is 0 Å². The summed E-state index contributed by atoms with van der Waals surface area (Å²) in [6.07, 6.45) is 35.1. The third-order valence-corrected chi connectivity index (χ3v) is 15.4. The normalized spacial score (nSPS) is 23.7. The molecular weight excluding hydrogens is 1040 g/mol. The van der Waals surface area contributed by atoms with Crippen LogP contribution in [0.2, 0.25) is 0 Å². The molecule has 0 aromatic carbocycles. The molecule has 472 valence electrons. The average molecular weight is 1150 g/mol. The molecule has 0 saturated carbocycles. The highest BCUT2D eigenvalue weighted by Crippen LogP contribution is 2.28. The monoisotopic (exact) mass is 1150 g/mol. The Balaban J connectivity index is 1.90. The lowest BCUT2D eigenvalue weighted by molar-refractivity contribution is -0.333. The molecule has 2 saturated heterocycles. The van der Waals surface area contributed by atoms with Gasteiger partial charge in [0.25, 0.3) is 0 Å². The minimum atomic E-state index is -1.79. The third kappa shape index (κ3) is 36.6. The van der Waals surface area contributed by atoms with E-state index in [-0.39, 0.29) is 25.9 Å². The molecule has 2 rings (SSSR count). The Labute approximate surface area is 489 Å². The Morgan fingerprint density at radius 3 is 1.37 bits per heavy atom. The van der Waals surface area contributed by atoms with Crippen molar-refractivity contribution < 1.29 is 78.2 Å². The second kappa shape index (κ2) is 50.5. The van der Waals surface area contributed by atoms with E-state index in [4.69, 9.17) is 33.2 Å². The minimum Gasteiger partial charge on any atom is -0.462 e. The molecule has 0 radical (unpaired) electrons. The zero-order valence-electron chi connectivity index (χ0n) is 50.8. The maximum atomic E-state index is 13.2. The number of rotatable bonds is 52. The van der Waals surface area contributed by atoms with Gasteiger partial charge in [-0.2, -0.15) is 0 Å². The number of aliphatic hydroxyl groups is 6. The summed E-state index contributed by atoms with van der Waals surface area (Å²) in [5, 5.41) is 65.0. The zero-order chi connectivity index (χ0) is 59.0. The lowest BCUT2D eigenvalue weighted by Gasteiger charge is -2.43. The van der Waals surface area contributed by atoms with Crippen LogP contribution in [0.4, 0.5) is 0 Å². The maximum absolute atomic E-state index is 13.2. The Morgan fingerprint density at radius 2 is 0.864 bits per heavy atom. The third-order valence-electron chi connectivity index (χ3n) is 15.4. The topological polar surface area (TPSA) is 237 Å². The highest BCUT2D eigenvalue weighted by atomic mass is 16.7. The number of esters is 3. The van der Waals surface area contributed by atoms with E-state index in [2.05, 4.69) is 57.2 Å². The summed E-state index contributed by atoms with van der Waals surface area (Å²) >= 11 is 0. The van der Waals surface area contributed by atoms with Crippen LogP contribution in [0.1, 0.15) is 265 Å². The van der Waals surface area contributed by atoms with Crippen molar-refractivity contribution in [2.75, 3.05) is 26.4 Å². The van der Waals surface area contributed by atoms with Gasteiger partial charge in [0.15, 0.2) is 24.8 Å². The molecule has 0 bridgehead atoms. The first-order valence-electron chi connectivity index (χ1n) is 32.5. The second-order valence-electron chi connectivity index (χ2n) is 22.7. The summed E-state index contributed by atoms with van der Waals surface area (Å²) in [5.74, 6) is -1.58. The summed E-state index contributed by atoms with van der Waals surface area (Å²) in [6, 6.07) is 0. The molecule has 81 heavy (non-hydrogen) atoms. The van der Waals surface area contributed by atoms with E-state index < -0.39 is 105 Å². The van der Waals surface area contributed by atoms with Gasteiger partial charge in [-0.1, -0.05) is 231 Å². The van der Waals surface area contributed by atoms with Crippen LogP contribution >= 0.6 is 0 Å². The van der Waals surface area contributed by atoms with Crippen LogP contribution in [0.5, 0.6) is 0 Å². The van der Waals surface area contributed by atoms with Crippen LogP contribution < -0.4 is 0 Å². The molecule has 0 aromatic rings. The van der Waals surface area contributed by atoms with Crippen molar-refractivity contribution in [1.82, 2.24) is 0 Å². The zero-order valence-corrected chi connectivity index (χ0v) is 50.8. The van der Waals surface area contributed by atoms with E-state index in [9.17, 15) is 45.0 Å². The van der Waals surface area contributed by atoms with Crippen molar-refractivity contribution >= 4 is 17.9 Å². The second-order valence-corrected chi connectivity index (χ2v) is 22.7. The molecule has 0 amide bonds. The Hall–Kier alpha value is -2.77. The summed E-state index contributed by atoms with van der Waals surface area (Å²) in [7, 11) is 0. The maximum Gasteiger partial charge on any atom is 0.306 e. The highest BCUT2D eigenvalue weighted by molar-refractivity contribution is 5.70. The number of hydrogen-bond donors (Lipinski definition) is 6. The minimum absolute atomic E-state index is 0.0747. The van der Waals surface area contributed by atoms with E-state index in [1.54, 1.807) is 0 Å². The molecule has 16 heteroatoms. The molecule has 0 spiro atoms. The number of ether oxygens (including phenoxy) is 7. The number of carbonyl (C=O) groups is 3. The molecule has 0 unspecified atom stereocenters. The van der Waals surface area contributed by atoms with Gasteiger partial charge in [-0.05, 0) is 51.4 Å². The first-order valence-corrected chi connectivity index (χ1v) is 32.5. The van der Waals surface area contributed by atoms with Gasteiger partial charge >= 0.3 is 17.9 Å². The predicted octanol–water partition coefficient (Wildman–Crippen LogP) is 12.2. The van der Waals surface area contributed by atoms with Gasteiger partial charge in [0, 0.05) is 19.3 Å². The fourth-order valence-electron chi connectivity index (χ4n) is 10.2. The molecule has 0 aromatic heterocycles. The van der Waals surface area contributed by atoms with E-state index in [0.717, 1.165) is 96.3 Å². The molecule has 2 heterocycles. The lowest BCUT2D eigenvalue weighted by Crippen LogP contribution is -2.62. The molecular formula is C65H116O16. The standard InChI is InChI=1S/C65H116O16/c1-4-7-10-13-16-19-22-25-26-29-30-33-36-39-42-45-55(67)75-49-52(78-56(68)46-43-40-37-34-31-27-23-20-17-14-11-8-5-2)50-76-64-61(73)60(72)58(70)54(80-64)51-77-65-62(74)63(59(71)53(48-66)79-65)81-57(69)47-44-41-38-35-32-28-24-21-18-15-12-9-6-3/h7,10,16,19,25-26,52-54,58-66,70-74H,4-6,8-9,11-15,17-18,20-24,27-51H2,1-3H3/b10-7-,19-16-,26-25-/t52-,53-,54-,58+,59+,60+,61-,62-,63+,64-,65+/m1/s1. The molecule has 2 fully saturated rings. The van der Waals surface area contributed by atoms with Crippen molar-refractivity contribution in [2.24, 2.45) is 0 Å². The van der Waals surface area contributed by atoms with E-state index in [1.165, 1.54) is 109 Å². The largest absolute Gasteiger partial charge is 0.462 e. The first kappa shape index (κ1) is 74.3. The average Bonchev–Trinajstić information content (AvgIpc) is 3.48. The van der Waals surface area contributed by atoms with Crippen LogP contribution in [-0.2, 0) is 47.5 Å². The van der Waals surface area contributed by atoms with Gasteiger partial charge < -0.3 is 63.8 Å². The quantitative estimate of drug-likeness (QED) is 0.0144. The molecule has 11 atom stereocenters. The van der Waals surface area contributed by atoms with Crippen LogP contribution in [-0.4, -0.2) is 142 Å². The smallest absolute Gasteiger partial charge is 0.306 e. The fourth-order valence-corrected chi connectivity index (χ4v) is 10.2. The van der Waals surface area contributed by atoms with Crippen LogP contribution in [0.15, 0.2) is 36.5 Å². The SMILES string of the molecule is CC/C=C\C/C=C\C/C=C\CCCCCCCC(=O)OC[C@H](CO[C@@H]1O[C@H](CO[C@H]2O[C@H](CO)[C@H](O)[C@H](OC(=O)CCCCCCCCCCCCCCC)[C@H]2O)[C@H](O)[C@H](O)[C@H]1O)OC(=O)CCCCCCCCCCCCCCC. The molecule has 0 aliphatic carbocycles. The van der Waals surface area contributed by atoms with Crippen LogP contribution in [0, 0.1) is 0 Å². The van der Waals surface area contributed by atoms with Gasteiger partial charge in [-0.15, -0.1) is 0 Å². The molecule has 16 nitrogen and oxygen atoms in total. The van der Waals surface area contributed by atoms with Crippen molar-refractivity contribution in [3.05, 3.63) is 36.5 Å². The van der Waals surface area contributed by atoms with Gasteiger partial charge in [0.2, 0.25) is 0 Å². The fraction of sp³-hybridized carbons (Fsp3) is 0.862. The van der Waals surface area contributed by atoms with Gasteiger partial charge in [0.05, 0.1) is 19.8 Å². The van der Waals surface area contributed by atoms with Gasteiger partial charge in [0.1, 0.15) is 49.3 Å². The first-order chi connectivity index (χ1) is 39.5. The van der Waals surface area contributed by atoms with Crippen LogP contribution in [0.3, 0.4) is 0 Å². The molecule has 6 N–H and O–H groups in total. The van der Waals surface area contributed by atoms with Crippen molar-refractivity contribution in [3.63, 3.8) is 0 Å².